The van der Waals surface area contributed by atoms with Crippen LogP contribution in [-0.4, -0.2) is 19.1 Å². The number of para-hydroxylation sites is 2. The van der Waals surface area contributed by atoms with E-state index in [4.69, 9.17) is 4.74 Å². The molecular formula is C17H17NO2S. The lowest BCUT2D eigenvalue weighted by Crippen LogP contribution is -2.32. The predicted molar refractivity (Wildman–Crippen MR) is 86.7 cm³/mol. The Morgan fingerprint density at radius 2 is 2.05 bits per heavy atom. The average molecular weight is 299 g/mol. The minimum Gasteiger partial charge on any atom is -0.491 e. The Bertz CT molecular complexity index is 684. The number of hydrogen-bond donors (Lipinski definition) is 1. The van der Waals surface area contributed by atoms with Crippen molar-refractivity contribution in [1.29, 1.82) is 0 Å². The fraction of sp³-hybridized carbons (Fsp3) is 0.235. The van der Waals surface area contributed by atoms with Gasteiger partial charge in [0, 0.05) is 17.0 Å². The largest absolute Gasteiger partial charge is 0.491 e. The lowest BCUT2D eigenvalue weighted by Gasteiger charge is -2.22. The number of rotatable bonds is 1. The molecule has 0 fully saturated rings. The molecule has 0 bridgehead atoms. The summed E-state index contributed by atoms with van der Waals surface area (Å²) in [4.78, 5) is 15.5. The van der Waals surface area contributed by atoms with Crippen molar-refractivity contribution in [2.45, 2.75) is 18.2 Å². The van der Waals surface area contributed by atoms with Gasteiger partial charge in [-0.05, 0) is 43.2 Å². The van der Waals surface area contributed by atoms with E-state index in [9.17, 15) is 4.79 Å². The number of hydrogen-bond acceptors (Lipinski definition) is 3. The Labute approximate surface area is 129 Å². The van der Waals surface area contributed by atoms with Gasteiger partial charge in [-0.15, -0.1) is 12.6 Å². The molecule has 21 heavy (non-hydrogen) atoms. The first kappa shape index (κ1) is 14.0. The topological polar surface area (TPSA) is 29.5 Å². The van der Waals surface area contributed by atoms with E-state index in [-0.39, 0.29) is 5.91 Å². The monoisotopic (exact) mass is 299 g/mol. The van der Waals surface area contributed by atoms with Gasteiger partial charge in [0.05, 0.1) is 12.3 Å². The first-order valence-electron chi connectivity index (χ1n) is 7.00. The molecule has 0 aliphatic carbocycles. The van der Waals surface area contributed by atoms with Crippen molar-refractivity contribution in [3.63, 3.8) is 0 Å². The van der Waals surface area contributed by atoms with Gasteiger partial charge in [-0.3, -0.25) is 4.79 Å². The van der Waals surface area contributed by atoms with E-state index < -0.39 is 0 Å². The molecule has 2 aromatic carbocycles. The summed E-state index contributed by atoms with van der Waals surface area (Å²) in [6.45, 7) is 3.24. The van der Waals surface area contributed by atoms with Crippen molar-refractivity contribution >= 4 is 24.2 Å². The Hall–Kier alpha value is -1.94. The zero-order chi connectivity index (χ0) is 14.8. The fourth-order valence-corrected chi connectivity index (χ4v) is 2.73. The zero-order valence-corrected chi connectivity index (χ0v) is 12.8. The molecule has 108 valence electrons. The Morgan fingerprint density at radius 3 is 2.90 bits per heavy atom. The van der Waals surface area contributed by atoms with Crippen molar-refractivity contribution in [3.8, 4) is 5.75 Å². The summed E-state index contributed by atoms with van der Waals surface area (Å²) in [5.74, 6) is 0.768. The molecule has 0 atom stereocenters. The summed E-state index contributed by atoms with van der Waals surface area (Å²) < 4.78 is 5.71. The second kappa shape index (κ2) is 5.82. The van der Waals surface area contributed by atoms with Gasteiger partial charge >= 0.3 is 0 Å². The molecule has 0 saturated heterocycles. The number of nitrogens with zero attached hydrogens (tertiary/aromatic N) is 1. The summed E-state index contributed by atoms with van der Waals surface area (Å²) in [5, 5.41) is 0. The highest BCUT2D eigenvalue weighted by Gasteiger charge is 2.24. The summed E-state index contributed by atoms with van der Waals surface area (Å²) in [6, 6.07) is 13.3. The van der Waals surface area contributed by atoms with Gasteiger partial charge in [-0.1, -0.05) is 18.2 Å². The van der Waals surface area contributed by atoms with Crippen LogP contribution < -0.4 is 9.64 Å². The molecule has 1 aliphatic heterocycles. The summed E-state index contributed by atoms with van der Waals surface area (Å²) in [7, 11) is 0. The molecule has 0 N–H and O–H groups in total. The average Bonchev–Trinajstić information content (AvgIpc) is 2.71. The molecule has 0 aromatic heterocycles. The normalized spacial score (nSPS) is 14.1. The maximum absolute atomic E-state index is 12.9. The van der Waals surface area contributed by atoms with Crippen LogP contribution in [0, 0.1) is 6.92 Å². The van der Waals surface area contributed by atoms with E-state index in [0.29, 0.717) is 18.7 Å². The zero-order valence-electron chi connectivity index (χ0n) is 11.9. The van der Waals surface area contributed by atoms with Gasteiger partial charge in [-0.25, -0.2) is 0 Å². The van der Waals surface area contributed by atoms with Gasteiger partial charge in [0.2, 0.25) is 0 Å². The van der Waals surface area contributed by atoms with E-state index in [0.717, 1.165) is 28.3 Å². The molecule has 1 heterocycles. The number of carbonyl (C=O) groups excluding carboxylic acids is 1. The Kier molecular flexibility index (Phi) is 3.88. The minimum absolute atomic E-state index is 0.00125. The Morgan fingerprint density at radius 1 is 1.24 bits per heavy atom. The number of ether oxygens (including phenoxy) is 1. The molecule has 4 heteroatoms. The van der Waals surface area contributed by atoms with Gasteiger partial charge in [0.15, 0.2) is 0 Å². The number of fused-ring (bicyclic) bond motifs is 1. The van der Waals surface area contributed by atoms with Gasteiger partial charge < -0.3 is 9.64 Å². The number of carbonyl (C=O) groups is 1. The number of anilines is 1. The molecule has 0 spiro atoms. The van der Waals surface area contributed by atoms with Crippen LogP contribution in [0.4, 0.5) is 5.69 Å². The van der Waals surface area contributed by atoms with Crippen LogP contribution in [0.3, 0.4) is 0 Å². The van der Waals surface area contributed by atoms with Crippen molar-refractivity contribution < 1.29 is 9.53 Å². The molecule has 1 amide bonds. The number of thiol groups is 1. The molecule has 0 saturated carbocycles. The highest BCUT2D eigenvalue weighted by atomic mass is 32.1. The van der Waals surface area contributed by atoms with E-state index in [1.807, 2.05) is 49.4 Å². The van der Waals surface area contributed by atoms with E-state index in [1.165, 1.54) is 0 Å². The van der Waals surface area contributed by atoms with Crippen LogP contribution >= 0.6 is 12.6 Å². The lowest BCUT2D eigenvalue weighted by atomic mass is 10.1. The second-order valence-electron chi connectivity index (χ2n) is 5.13. The quantitative estimate of drug-likeness (QED) is 0.813. The maximum atomic E-state index is 12.9. The molecule has 2 aromatic rings. The van der Waals surface area contributed by atoms with Gasteiger partial charge in [0.25, 0.3) is 5.91 Å². The summed E-state index contributed by atoms with van der Waals surface area (Å²) in [5.41, 5.74) is 2.49. The maximum Gasteiger partial charge on any atom is 0.258 e. The molecular weight excluding hydrogens is 282 g/mol. The highest BCUT2D eigenvalue weighted by Crippen LogP contribution is 2.32. The van der Waals surface area contributed by atoms with Gasteiger partial charge in [0.1, 0.15) is 5.75 Å². The minimum atomic E-state index is 0.00125. The molecule has 1 aliphatic rings. The van der Waals surface area contributed by atoms with Gasteiger partial charge in [-0.2, -0.15) is 0 Å². The van der Waals surface area contributed by atoms with Crippen molar-refractivity contribution in [2.24, 2.45) is 0 Å². The SMILES string of the molecule is Cc1ccc(S)cc1C(=O)N1CCCOc2ccccc21. The summed E-state index contributed by atoms with van der Waals surface area (Å²) in [6.07, 6.45) is 0.819. The van der Waals surface area contributed by atoms with E-state index in [2.05, 4.69) is 12.6 Å². The van der Waals surface area contributed by atoms with Crippen molar-refractivity contribution in [1.82, 2.24) is 0 Å². The summed E-state index contributed by atoms with van der Waals surface area (Å²) >= 11 is 4.34. The van der Waals surface area contributed by atoms with E-state index >= 15 is 0 Å². The molecule has 0 radical (unpaired) electrons. The second-order valence-corrected chi connectivity index (χ2v) is 5.64. The molecule has 3 rings (SSSR count). The molecule has 0 unspecified atom stereocenters. The van der Waals surface area contributed by atoms with Crippen LogP contribution in [0.25, 0.3) is 0 Å². The molecule has 3 nitrogen and oxygen atoms in total. The predicted octanol–water partition coefficient (Wildman–Crippen LogP) is 3.71. The van der Waals surface area contributed by atoms with Crippen LogP contribution in [0.1, 0.15) is 22.3 Å². The van der Waals surface area contributed by atoms with Crippen molar-refractivity contribution in [3.05, 3.63) is 53.6 Å². The fourth-order valence-electron chi connectivity index (χ4n) is 2.52. The standard InChI is InChI=1S/C17H17NO2S/c1-12-7-8-13(21)11-14(12)17(19)18-9-4-10-20-16-6-3-2-5-15(16)18/h2-3,5-8,11,21H,4,9-10H2,1H3. The van der Waals surface area contributed by atoms with Crippen LogP contribution in [0.2, 0.25) is 0 Å². The van der Waals surface area contributed by atoms with Crippen LogP contribution in [-0.2, 0) is 0 Å². The lowest BCUT2D eigenvalue weighted by molar-refractivity contribution is 0.0986. The van der Waals surface area contributed by atoms with Crippen LogP contribution in [0.15, 0.2) is 47.4 Å². The third-order valence-corrected chi connectivity index (χ3v) is 3.91. The third-order valence-electron chi connectivity index (χ3n) is 3.64. The first-order chi connectivity index (χ1) is 10.2. The highest BCUT2D eigenvalue weighted by molar-refractivity contribution is 7.80. The Balaban J connectivity index is 2.03. The number of benzene rings is 2. The van der Waals surface area contributed by atoms with E-state index in [1.54, 1.807) is 4.90 Å². The number of amides is 1. The first-order valence-corrected chi connectivity index (χ1v) is 7.45. The van der Waals surface area contributed by atoms with Crippen LogP contribution in [0.5, 0.6) is 5.75 Å². The third kappa shape index (κ3) is 2.76. The smallest absolute Gasteiger partial charge is 0.258 e. The number of aryl methyl sites for hydroxylation is 1. The van der Waals surface area contributed by atoms with Crippen molar-refractivity contribution in [2.75, 3.05) is 18.1 Å².